The molecule has 1 aliphatic heterocycles. The van der Waals surface area contributed by atoms with Crippen LogP contribution < -0.4 is 5.32 Å². The molecule has 1 heterocycles. The molecule has 2 amide bonds. The molecule has 5 nitrogen and oxygen atoms in total. The third kappa shape index (κ3) is 3.75. The van der Waals surface area contributed by atoms with Gasteiger partial charge in [0.05, 0.1) is 22.7 Å². The molecule has 2 atom stereocenters. The van der Waals surface area contributed by atoms with Crippen LogP contribution in [0.15, 0.2) is 40.9 Å². The predicted molar refractivity (Wildman–Crippen MR) is 103 cm³/mol. The van der Waals surface area contributed by atoms with Gasteiger partial charge >= 0.3 is 0 Å². The van der Waals surface area contributed by atoms with Gasteiger partial charge in [-0.1, -0.05) is 35.9 Å². The molecule has 0 spiro atoms. The van der Waals surface area contributed by atoms with Crippen molar-refractivity contribution < 1.29 is 19.1 Å². The van der Waals surface area contributed by atoms with E-state index in [1.165, 1.54) is 4.90 Å². The van der Waals surface area contributed by atoms with Gasteiger partial charge < -0.3 is 15.3 Å². The molecule has 0 radical (unpaired) electrons. The lowest BCUT2D eigenvalue weighted by Gasteiger charge is -2.26. The molecular formula is C20H20BrFN2O3. The summed E-state index contributed by atoms with van der Waals surface area (Å²) < 4.78 is 14.5. The van der Waals surface area contributed by atoms with E-state index in [0.29, 0.717) is 5.56 Å². The molecule has 0 saturated heterocycles. The number of benzene rings is 2. The van der Waals surface area contributed by atoms with Crippen molar-refractivity contribution in [3.63, 3.8) is 0 Å². The second kappa shape index (κ2) is 7.78. The summed E-state index contributed by atoms with van der Waals surface area (Å²) in [5.41, 5.74) is 2.35. The van der Waals surface area contributed by atoms with E-state index in [1.54, 1.807) is 19.1 Å². The minimum absolute atomic E-state index is 0.00131. The van der Waals surface area contributed by atoms with Gasteiger partial charge in [-0.2, -0.15) is 0 Å². The molecule has 0 aliphatic carbocycles. The first-order chi connectivity index (χ1) is 12.8. The van der Waals surface area contributed by atoms with Gasteiger partial charge in [0.15, 0.2) is 0 Å². The smallest absolute Gasteiger partial charge is 0.258 e. The lowest BCUT2D eigenvalue weighted by Crippen LogP contribution is -2.46. The van der Waals surface area contributed by atoms with Crippen LogP contribution in [0.1, 0.15) is 40.0 Å². The van der Waals surface area contributed by atoms with E-state index in [2.05, 4.69) is 21.2 Å². The molecule has 1 aliphatic rings. The fraction of sp³-hybridized carbons (Fsp3) is 0.300. The highest BCUT2D eigenvalue weighted by Gasteiger charge is 2.37. The van der Waals surface area contributed by atoms with Crippen LogP contribution in [0.25, 0.3) is 0 Å². The number of amides is 2. The number of nitrogens with zero attached hydrogens (tertiary/aromatic N) is 1. The number of fused-ring (bicyclic) bond motifs is 1. The van der Waals surface area contributed by atoms with Gasteiger partial charge in [0.1, 0.15) is 11.9 Å². The Kier molecular flexibility index (Phi) is 5.62. The largest absolute Gasteiger partial charge is 0.394 e. The maximum atomic E-state index is 14.3. The van der Waals surface area contributed by atoms with Gasteiger partial charge in [-0.25, -0.2) is 4.39 Å². The van der Waals surface area contributed by atoms with E-state index in [0.717, 1.165) is 11.1 Å². The van der Waals surface area contributed by atoms with Crippen LogP contribution in [-0.2, 0) is 11.3 Å². The number of carbonyl (C=O) groups excluding carboxylic acids is 2. The molecule has 0 aromatic heterocycles. The maximum absolute atomic E-state index is 14.3. The molecule has 0 saturated carbocycles. The Balaban J connectivity index is 1.76. The van der Waals surface area contributed by atoms with Crippen LogP contribution in [0, 0.1) is 12.7 Å². The highest BCUT2D eigenvalue weighted by Crippen LogP contribution is 2.31. The number of aliphatic hydroxyl groups is 1. The monoisotopic (exact) mass is 434 g/mol. The first-order valence-corrected chi connectivity index (χ1v) is 9.38. The van der Waals surface area contributed by atoms with Gasteiger partial charge in [-0.3, -0.25) is 9.59 Å². The van der Waals surface area contributed by atoms with Crippen molar-refractivity contribution in [1.29, 1.82) is 0 Å². The third-order valence-corrected chi connectivity index (χ3v) is 5.40. The number of carbonyl (C=O) groups is 2. The van der Waals surface area contributed by atoms with E-state index in [1.807, 2.05) is 31.2 Å². The summed E-state index contributed by atoms with van der Waals surface area (Å²) in [5, 5.41) is 12.5. The zero-order valence-corrected chi connectivity index (χ0v) is 16.6. The van der Waals surface area contributed by atoms with Crippen molar-refractivity contribution >= 4 is 27.7 Å². The molecule has 2 aromatic rings. The lowest BCUT2D eigenvalue weighted by molar-refractivity contribution is -0.126. The Bertz CT molecular complexity index is 903. The number of aliphatic hydroxyl groups excluding tert-OH is 1. The van der Waals surface area contributed by atoms with E-state index in [-0.39, 0.29) is 23.2 Å². The molecule has 142 valence electrons. The van der Waals surface area contributed by atoms with Crippen LogP contribution in [0.4, 0.5) is 4.39 Å². The van der Waals surface area contributed by atoms with Crippen molar-refractivity contribution in [1.82, 2.24) is 10.2 Å². The molecule has 27 heavy (non-hydrogen) atoms. The quantitative estimate of drug-likeness (QED) is 0.759. The lowest BCUT2D eigenvalue weighted by atomic mass is 10.0. The van der Waals surface area contributed by atoms with Crippen LogP contribution in [0.2, 0.25) is 0 Å². The van der Waals surface area contributed by atoms with Crippen molar-refractivity contribution in [2.45, 2.75) is 32.5 Å². The minimum Gasteiger partial charge on any atom is -0.394 e. The van der Waals surface area contributed by atoms with Crippen molar-refractivity contribution in [2.24, 2.45) is 0 Å². The fourth-order valence-electron chi connectivity index (χ4n) is 3.22. The standard InChI is InChI=1S/C20H20BrFN2O3/c1-11-4-3-5-13(8-11)16(10-25)23-19(26)12(2)24-9-14-6-7-15(21)18(22)17(14)20(24)27/h3-8,12,16,25H,9-10H2,1-2H3,(H,23,26)/t12-,16-/m1/s1. The van der Waals surface area contributed by atoms with Crippen molar-refractivity contribution in [3.05, 3.63) is 68.9 Å². The Morgan fingerprint density at radius 3 is 2.78 bits per heavy atom. The molecular weight excluding hydrogens is 415 g/mol. The molecule has 0 unspecified atom stereocenters. The molecule has 3 rings (SSSR count). The summed E-state index contributed by atoms with van der Waals surface area (Å²) in [7, 11) is 0. The molecule has 2 aromatic carbocycles. The molecule has 0 fully saturated rings. The molecule has 2 N–H and O–H groups in total. The van der Waals surface area contributed by atoms with Gasteiger partial charge in [-0.05, 0) is 47.0 Å². The normalized spacial score (nSPS) is 15.4. The van der Waals surface area contributed by atoms with Gasteiger partial charge in [0.25, 0.3) is 5.91 Å². The van der Waals surface area contributed by atoms with Crippen LogP contribution >= 0.6 is 15.9 Å². The molecule has 7 heteroatoms. The van der Waals surface area contributed by atoms with E-state index in [9.17, 15) is 19.1 Å². The Morgan fingerprint density at radius 2 is 2.11 bits per heavy atom. The highest BCUT2D eigenvalue weighted by atomic mass is 79.9. The second-order valence-corrected chi connectivity index (χ2v) is 7.52. The number of halogens is 2. The van der Waals surface area contributed by atoms with Gasteiger partial charge in [-0.15, -0.1) is 0 Å². The fourth-order valence-corrected chi connectivity index (χ4v) is 3.55. The maximum Gasteiger partial charge on any atom is 0.258 e. The predicted octanol–water partition coefficient (Wildman–Crippen LogP) is 3.09. The Morgan fingerprint density at radius 1 is 1.37 bits per heavy atom. The van der Waals surface area contributed by atoms with E-state index >= 15 is 0 Å². The first-order valence-electron chi connectivity index (χ1n) is 8.59. The Labute approximate surface area is 165 Å². The van der Waals surface area contributed by atoms with Crippen molar-refractivity contribution in [2.75, 3.05) is 6.61 Å². The van der Waals surface area contributed by atoms with E-state index < -0.39 is 29.7 Å². The van der Waals surface area contributed by atoms with Gasteiger partial charge in [0, 0.05) is 6.54 Å². The summed E-state index contributed by atoms with van der Waals surface area (Å²) in [6.45, 7) is 3.42. The summed E-state index contributed by atoms with van der Waals surface area (Å²) in [4.78, 5) is 26.6. The summed E-state index contributed by atoms with van der Waals surface area (Å²) in [5.74, 6) is -1.53. The number of aryl methyl sites for hydroxylation is 1. The molecule has 0 bridgehead atoms. The minimum atomic E-state index is -0.804. The second-order valence-electron chi connectivity index (χ2n) is 6.66. The summed E-state index contributed by atoms with van der Waals surface area (Å²) in [6.07, 6.45) is 0. The number of hydrogen-bond acceptors (Lipinski definition) is 3. The average molecular weight is 435 g/mol. The zero-order valence-electron chi connectivity index (χ0n) is 15.0. The number of rotatable bonds is 5. The van der Waals surface area contributed by atoms with Crippen molar-refractivity contribution in [3.8, 4) is 0 Å². The first kappa shape index (κ1) is 19.5. The highest BCUT2D eigenvalue weighted by molar-refractivity contribution is 9.10. The Hall–Kier alpha value is -2.25. The number of hydrogen-bond donors (Lipinski definition) is 2. The summed E-state index contributed by atoms with van der Waals surface area (Å²) >= 11 is 3.08. The topological polar surface area (TPSA) is 69.6 Å². The zero-order chi connectivity index (χ0) is 19.7. The van der Waals surface area contributed by atoms with Crippen LogP contribution in [0.5, 0.6) is 0 Å². The third-order valence-electron chi connectivity index (χ3n) is 4.79. The van der Waals surface area contributed by atoms with Crippen LogP contribution in [-0.4, -0.2) is 34.5 Å². The van der Waals surface area contributed by atoms with E-state index in [4.69, 9.17) is 0 Å². The van der Waals surface area contributed by atoms with Gasteiger partial charge in [0.2, 0.25) is 5.91 Å². The van der Waals surface area contributed by atoms with Crippen LogP contribution in [0.3, 0.4) is 0 Å². The number of nitrogens with one attached hydrogen (secondary N) is 1. The average Bonchev–Trinajstić information content (AvgIpc) is 2.99. The summed E-state index contributed by atoms with van der Waals surface area (Å²) in [6, 6.07) is 9.33. The SMILES string of the molecule is Cc1cccc([C@@H](CO)NC(=O)[C@@H](C)N2Cc3ccc(Br)c(F)c3C2=O)c1.